The summed E-state index contributed by atoms with van der Waals surface area (Å²) >= 11 is 0. The van der Waals surface area contributed by atoms with E-state index in [-0.39, 0.29) is 6.10 Å². The molecule has 0 aromatic carbocycles. The van der Waals surface area contributed by atoms with Crippen molar-refractivity contribution in [2.75, 3.05) is 0 Å². The minimum Gasteiger partial charge on any atom is -0.145 e. The molecule has 0 bridgehead atoms. The summed E-state index contributed by atoms with van der Waals surface area (Å²) in [4.78, 5) is 0. The Labute approximate surface area is 64.2 Å². The summed E-state index contributed by atoms with van der Waals surface area (Å²) in [6.45, 7) is 4.22. The van der Waals surface area contributed by atoms with Crippen LogP contribution in [0, 0.1) is 0 Å². The van der Waals surface area contributed by atoms with E-state index in [1.165, 1.54) is 0 Å². The van der Waals surface area contributed by atoms with E-state index in [9.17, 15) is 4.57 Å². The Kier molecular flexibility index (Phi) is 7.21. The molecule has 0 aliphatic rings. The zero-order valence-corrected chi connectivity index (χ0v) is 7.72. The molecule has 1 unspecified atom stereocenters. The Morgan fingerprint density at radius 1 is 1.30 bits per heavy atom. The van der Waals surface area contributed by atoms with Crippen LogP contribution in [-0.2, 0) is 9.09 Å². The van der Waals surface area contributed by atoms with E-state index >= 15 is 0 Å². The second-order valence-corrected chi connectivity index (χ2v) is 2.80. The van der Waals surface area contributed by atoms with Crippen molar-refractivity contribution in [3.05, 3.63) is 0 Å². The van der Waals surface area contributed by atoms with Gasteiger partial charge in [0.05, 0.1) is 0 Å². The molecular weight excluding hydrogens is 147 g/mol. The van der Waals surface area contributed by atoms with Gasteiger partial charge in [-0.05, 0) is 17.4 Å². The summed E-state index contributed by atoms with van der Waals surface area (Å²) in [7, 11) is -0.592. The van der Waals surface area contributed by atoms with Crippen LogP contribution in [0.1, 0.15) is 39.5 Å². The third-order valence-corrected chi connectivity index (χ3v) is 1.87. The lowest BCUT2D eigenvalue weighted by Gasteiger charge is -2.05. The lowest BCUT2D eigenvalue weighted by atomic mass is 10.1. The molecule has 0 N–H and O–H groups in total. The summed E-state index contributed by atoms with van der Waals surface area (Å²) in [5.41, 5.74) is 0. The summed E-state index contributed by atoms with van der Waals surface area (Å²) in [6, 6.07) is 0. The Hall–Kier alpha value is 0.0600. The van der Waals surface area contributed by atoms with Crippen molar-refractivity contribution < 1.29 is 9.09 Å². The Morgan fingerprint density at radius 3 is 2.10 bits per heavy atom. The molecule has 0 saturated heterocycles. The molecule has 10 heavy (non-hydrogen) atoms. The SMILES string of the molecule is CCCC(CCC)O[PH+]=O. The van der Waals surface area contributed by atoms with E-state index in [2.05, 4.69) is 13.8 Å². The van der Waals surface area contributed by atoms with Crippen LogP contribution < -0.4 is 0 Å². The van der Waals surface area contributed by atoms with Gasteiger partial charge in [0.25, 0.3) is 0 Å². The van der Waals surface area contributed by atoms with E-state index in [1.807, 2.05) is 0 Å². The van der Waals surface area contributed by atoms with Gasteiger partial charge < -0.3 is 0 Å². The first kappa shape index (κ1) is 10.1. The minimum atomic E-state index is -0.592. The first-order chi connectivity index (χ1) is 4.85. The molecule has 0 saturated carbocycles. The maximum absolute atomic E-state index is 10.1. The van der Waals surface area contributed by atoms with E-state index in [1.54, 1.807) is 0 Å². The van der Waals surface area contributed by atoms with Crippen LogP contribution in [0.3, 0.4) is 0 Å². The molecule has 0 amide bonds. The maximum Gasteiger partial charge on any atom is 0.494 e. The standard InChI is InChI=1S/C7H16O2P/c1-3-5-7(6-4-2)9-10-8/h7,10H,3-6H2,1-2H3/q+1. The topological polar surface area (TPSA) is 26.3 Å². The lowest BCUT2D eigenvalue weighted by molar-refractivity contribution is 0.199. The van der Waals surface area contributed by atoms with Crippen LogP contribution >= 0.6 is 8.69 Å². The van der Waals surface area contributed by atoms with Crippen LogP contribution in [-0.4, -0.2) is 6.10 Å². The van der Waals surface area contributed by atoms with Gasteiger partial charge >= 0.3 is 8.69 Å². The van der Waals surface area contributed by atoms with Crippen molar-refractivity contribution in [2.45, 2.75) is 45.6 Å². The van der Waals surface area contributed by atoms with Crippen LogP contribution in [0.2, 0.25) is 0 Å². The maximum atomic E-state index is 10.1. The highest BCUT2D eigenvalue weighted by Gasteiger charge is 2.10. The normalized spacial score (nSPS) is 11.1. The van der Waals surface area contributed by atoms with E-state index in [0.29, 0.717) is 0 Å². The predicted molar refractivity (Wildman–Crippen MR) is 43.7 cm³/mol. The minimum absolute atomic E-state index is 0.228. The van der Waals surface area contributed by atoms with Crippen LogP contribution in [0.4, 0.5) is 0 Å². The highest BCUT2D eigenvalue weighted by molar-refractivity contribution is 7.17. The van der Waals surface area contributed by atoms with Crippen molar-refractivity contribution in [1.29, 1.82) is 0 Å². The third-order valence-electron chi connectivity index (χ3n) is 1.44. The van der Waals surface area contributed by atoms with Crippen LogP contribution in [0.5, 0.6) is 0 Å². The molecule has 60 valence electrons. The molecule has 0 fully saturated rings. The zero-order chi connectivity index (χ0) is 7.82. The van der Waals surface area contributed by atoms with Crippen molar-refractivity contribution in [3.63, 3.8) is 0 Å². The van der Waals surface area contributed by atoms with Gasteiger partial charge in [-0.15, -0.1) is 4.52 Å². The van der Waals surface area contributed by atoms with E-state index in [4.69, 9.17) is 4.52 Å². The summed E-state index contributed by atoms with van der Waals surface area (Å²) < 4.78 is 15.1. The van der Waals surface area contributed by atoms with Gasteiger partial charge in [-0.3, -0.25) is 0 Å². The molecule has 0 aromatic heterocycles. The molecule has 0 spiro atoms. The summed E-state index contributed by atoms with van der Waals surface area (Å²) in [6.07, 6.45) is 4.50. The molecule has 0 aromatic rings. The quantitative estimate of drug-likeness (QED) is 0.563. The fourth-order valence-corrected chi connectivity index (χ4v) is 1.35. The van der Waals surface area contributed by atoms with E-state index < -0.39 is 8.69 Å². The van der Waals surface area contributed by atoms with Gasteiger partial charge in [0, 0.05) is 0 Å². The third kappa shape index (κ3) is 4.89. The predicted octanol–water partition coefficient (Wildman–Crippen LogP) is 2.91. The molecule has 3 heteroatoms. The second-order valence-electron chi connectivity index (χ2n) is 2.40. The molecule has 0 heterocycles. The smallest absolute Gasteiger partial charge is 0.145 e. The first-order valence-electron chi connectivity index (χ1n) is 3.87. The molecule has 0 aliphatic carbocycles. The Balaban J connectivity index is 3.38. The molecular formula is C7H16O2P+. The number of rotatable bonds is 6. The highest BCUT2D eigenvalue weighted by Crippen LogP contribution is 2.13. The van der Waals surface area contributed by atoms with E-state index in [0.717, 1.165) is 25.7 Å². The van der Waals surface area contributed by atoms with Gasteiger partial charge in [-0.25, -0.2) is 0 Å². The lowest BCUT2D eigenvalue weighted by Crippen LogP contribution is -2.05. The molecule has 2 nitrogen and oxygen atoms in total. The summed E-state index contributed by atoms with van der Waals surface area (Å²) in [5, 5.41) is 0. The zero-order valence-electron chi connectivity index (χ0n) is 6.72. The molecule has 1 atom stereocenters. The van der Waals surface area contributed by atoms with Crippen molar-refractivity contribution in [2.24, 2.45) is 0 Å². The molecule has 0 aliphatic heterocycles. The average molecular weight is 163 g/mol. The van der Waals surface area contributed by atoms with Gasteiger partial charge in [-0.2, -0.15) is 0 Å². The number of hydrogen-bond donors (Lipinski definition) is 0. The highest BCUT2D eigenvalue weighted by atomic mass is 31.1. The van der Waals surface area contributed by atoms with Crippen molar-refractivity contribution in [1.82, 2.24) is 0 Å². The molecule has 0 radical (unpaired) electrons. The number of hydrogen-bond acceptors (Lipinski definition) is 2. The van der Waals surface area contributed by atoms with Gasteiger partial charge in [-0.1, -0.05) is 26.7 Å². The van der Waals surface area contributed by atoms with Gasteiger partial charge in [0.2, 0.25) is 0 Å². The largest absolute Gasteiger partial charge is 0.494 e. The van der Waals surface area contributed by atoms with Crippen molar-refractivity contribution >= 4 is 8.69 Å². The second kappa shape index (κ2) is 7.17. The van der Waals surface area contributed by atoms with Crippen LogP contribution in [0.15, 0.2) is 0 Å². The fourth-order valence-electron chi connectivity index (χ4n) is 0.974. The van der Waals surface area contributed by atoms with Gasteiger partial charge in [0.15, 0.2) is 0 Å². The monoisotopic (exact) mass is 163 g/mol. The Bertz CT molecular complexity index is 79.7. The molecule has 0 rings (SSSR count). The van der Waals surface area contributed by atoms with Crippen molar-refractivity contribution in [3.8, 4) is 0 Å². The average Bonchev–Trinajstić information content (AvgIpc) is 1.90. The van der Waals surface area contributed by atoms with Gasteiger partial charge in [0.1, 0.15) is 6.10 Å². The Morgan fingerprint density at radius 2 is 1.80 bits per heavy atom. The summed E-state index contributed by atoms with van der Waals surface area (Å²) in [5.74, 6) is 0. The van der Waals surface area contributed by atoms with Crippen LogP contribution in [0.25, 0.3) is 0 Å². The first-order valence-corrected chi connectivity index (χ1v) is 4.69. The fraction of sp³-hybridized carbons (Fsp3) is 1.00.